The molecule has 126 valence electrons. The maximum atomic E-state index is 12.9. The first kappa shape index (κ1) is 17.6. The standard InChI is InChI=1S/C18H25FN2O2/c19-15-5-1-13(2-6-15)11-17(22)12-14-3-7-16(8-4-14)21-18(23)9-10-20/h1-2,5-6,14,16H,3-4,7-12,20H2,(H,21,23). The Balaban J connectivity index is 1.70. The van der Waals surface area contributed by atoms with E-state index in [0.29, 0.717) is 31.7 Å². The Labute approximate surface area is 136 Å². The molecule has 1 aromatic rings. The van der Waals surface area contributed by atoms with Crippen LogP contribution in [0.25, 0.3) is 0 Å². The van der Waals surface area contributed by atoms with Crippen LogP contribution in [0, 0.1) is 11.7 Å². The molecule has 3 N–H and O–H groups in total. The lowest BCUT2D eigenvalue weighted by Gasteiger charge is -2.28. The predicted octanol–water partition coefficient (Wildman–Crippen LogP) is 2.35. The van der Waals surface area contributed by atoms with Gasteiger partial charge in [-0.25, -0.2) is 4.39 Å². The van der Waals surface area contributed by atoms with Crippen LogP contribution in [0.3, 0.4) is 0 Å². The van der Waals surface area contributed by atoms with Crippen LogP contribution in [0.5, 0.6) is 0 Å². The van der Waals surface area contributed by atoms with Crippen LogP contribution in [-0.2, 0) is 16.0 Å². The maximum Gasteiger partial charge on any atom is 0.221 e. The minimum atomic E-state index is -0.281. The van der Waals surface area contributed by atoms with Gasteiger partial charge in [-0.15, -0.1) is 0 Å². The molecule has 0 aliphatic heterocycles. The molecule has 0 aromatic heterocycles. The van der Waals surface area contributed by atoms with Crippen LogP contribution in [0.2, 0.25) is 0 Å². The van der Waals surface area contributed by atoms with Gasteiger partial charge in [0.1, 0.15) is 11.6 Å². The summed E-state index contributed by atoms with van der Waals surface area (Å²) in [5.41, 5.74) is 6.22. The molecule has 4 nitrogen and oxygen atoms in total. The lowest BCUT2D eigenvalue weighted by molar-refractivity contribution is -0.122. The molecular formula is C18H25FN2O2. The van der Waals surface area contributed by atoms with Crippen molar-refractivity contribution in [2.24, 2.45) is 11.7 Å². The summed E-state index contributed by atoms with van der Waals surface area (Å²) in [6.07, 6.45) is 5.07. The normalized spacial score (nSPS) is 21.0. The maximum absolute atomic E-state index is 12.9. The molecule has 2 rings (SSSR count). The van der Waals surface area contributed by atoms with Crippen LogP contribution >= 0.6 is 0 Å². The lowest BCUT2D eigenvalue weighted by atomic mass is 9.82. The summed E-state index contributed by atoms with van der Waals surface area (Å²) >= 11 is 0. The van der Waals surface area contributed by atoms with Crippen molar-refractivity contribution in [2.45, 2.75) is 51.0 Å². The number of nitrogens with two attached hydrogens (primary N) is 1. The number of carbonyl (C=O) groups is 2. The Bertz CT molecular complexity index is 522. The van der Waals surface area contributed by atoms with Gasteiger partial charge >= 0.3 is 0 Å². The van der Waals surface area contributed by atoms with Crippen LogP contribution in [0.4, 0.5) is 4.39 Å². The number of nitrogens with one attached hydrogen (secondary N) is 1. The molecule has 0 unspecified atom stereocenters. The largest absolute Gasteiger partial charge is 0.353 e. The smallest absolute Gasteiger partial charge is 0.221 e. The minimum Gasteiger partial charge on any atom is -0.353 e. The summed E-state index contributed by atoms with van der Waals surface area (Å²) in [5.74, 6) is 0.331. The molecule has 1 amide bonds. The number of benzene rings is 1. The van der Waals surface area contributed by atoms with Crippen molar-refractivity contribution in [2.75, 3.05) is 6.54 Å². The van der Waals surface area contributed by atoms with Gasteiger partial charge in [0.15, 0.2) is 0 Å². The third-order valence-electron chi connectivity index (χ3n) is 4.41. The number of hydrogen-bond donors (Lipinski definition) is 2. The van der Waals surface area contributed by atoms with Gasteiger partial charge in [0, 0.05) is 31.8 Å². The number of rotatable bonds is 7. The molecule has 1 saturated carbocycles. The lowest BCUT2D eigenvalue weighted by Crippen LogP contribution is -2.38. The predicted molar refractivity (Wildman–Crippen MR) is 87.3 cm³/mol. The number of hydrogen-bond acceptors (Lipinski definition) is 3. The minimum absolute atomic E-state index is 0.0170. The number of ketones is 1. The van der Waals surface area contributed by atoms with E-state index in [-0.39, 0.29) is 23.5 Å². The van der Waals surface area contributed by atoms with Crippen LogP contribution in [0.1, 0.15) is 44.1 Å². The summed E-state index contributed by atoms with van der Waals surface area (Å²) in [7, 11) is 0. The molecule has 1 aliphatic carbocycles. The van der Waals surface area contributed by atoms with Crippen LogP contribution < -0.4 is 11.1 Å². The van der Waals surface area contributed by atoms with Gasteiger partial charge in [-0.2, -0.15) is 0 Å². The van der Waals surface area contributed by atoms with E-state index in [1.807, 2.05) is 0 Å². The zero-order valence-corrected chi connectivity index (χ0v) is 13.4. The Morgan fingerprint density at radius 1 is 1.13 bits per heavy atom. The number of carbonyl (C=O) groups excluding carboxylic acids is 2. The van der Waals surface area contributed by atoms with Gasteiger partial charge in [0.05, 0.1) is 0 Å². The molecule has 1 aromatic carbocycles. The molecule has 0 heterocycles. The van der Waals surface area contributed by atoms with Crippen molar-refractivity contribution >= 4 is 11.7 Å². The fraction of sp³-hybridized carbons (Fsp3) is 0.556. The molecular weight excluding hydrogens is 295 g/mol. The zero-order valence-electron chi connectivity index (χ0n) is 13.4. The summed E-state index contributed by atoms with van der Waals surface area (Å²) in [6.45, 7) is 0.374. The third-order valence-corrected chi connectivity index (χ3v) is 4.41. The highest BCUT2D eigenvalue weighted by molar-refractivity contribution is 5.81. The molecule has 0 bridgehead atoms. The van der Waals surface area contributed by atoms with Gasteiger partial charge < -0.3 is 11.1 Å². The van der Waals surface area contributed by atoms with Gasteiger partial charge in [-0.3, -0.25) is 9.59 Å². The van der Waals surface area contributed by atoms with E-state index in [9.17, 15) is 14.0 Å². The van der Waals surface area contributed by atoms with E-state index in [2.05, 4.69) is 5.32 Å². The van der Waals surface area contributed by atoms with Gasteiger partial charge in [0.25, 0.3) is 0 Å². The molecule has 23 heavy (non-hydrogen) atoms. The monoisotopic (exact) mass is 320 g/mol. The summed E-state index contributed by atoms with van der Waals surface area (Å²) in [6, 6.07) is 6.32. The first-order valence-corrected chi connectivity index (χ1v) is 8.32. The number of halogens is 1. The quantitative estimate of drug-likeness (QED) is 0.810. The van der Waals surface area contributed by atoms with Gasteiger partial charge in [-0.1, -0.05) is 12.1 Å². The van der Waals surface area contributed by atoms with Crippen molar-refractivity contribution in [3.8, 4) is 0 Å². The second kappa shape index (κ2) is 8.77. The van der Waals surface area contributed by atoms with Crippen molar-refractivity contribution in [1.82, 2.24) is 5.32 Å². The second-order valence-corrected chi connectivity index (χ2v) is 6.37. The second-order valence-electron chi connectivity index (χ2n) is 6.37. The molecule has 1 aliphatic rings. The summed E-state index contributed by atoms with van der Waals surface area (Å²) in [4.78, 5) is 23.7. The molecule has 0 radical (unpaired) electrons. The fourth-order valence-electron chi connectivity index (χ4n) is 3.17. The highest BCUT2D eigenvalue weighted by Gasteiger charge is 2.23. The topological polar surface area (TPSA) is 72.2 Å². The SMILES string of the molecule is NCCC(=O)NC1CCC(CC(=O)Cc2ccc(F)cc2)CC1. The van der Waals surface area contributed by atoms with Gasteiger partial charge in [0.2, 0.25) is 5.91 Å². The molecule has 0 atom stereocenters. The summed E-state index contributed by atoms with van der Waals surface area (Å²) in [5, 5.41) is 3.00. The molecule has 0 spiro atoms. The fourth-order valence-corrected chi connectivity index (χ4v) is 3.17. The van der Waals surface area contributed by atoms with Crippen LogP contribution in [-0.4, -0.2) is 24.3 Å². The van der Waals surface area contributed by atoms with Crippen molar-refractivity contribution < 1.29 is 14.0 Å². The van der Waals surface area contributed by atoms with E-state index in [1.54, 1.807) is 12.1 Å². The first-order valence-electron chi connectivity index (χ1n) is 8.32. The zero-order chi connectivity index (χ0) is 16.7. The molecule has 5 heteroatoms. The van der Waals surface area contributed by atoms with E-state index in [4.69, 9.17) is 5.73 Å². The van der Waals surface area contributed by atoms with E-state index in [0.717, 1.165) is 31.2 Å². The first-order chi connectivity index (χ1) is 11.1. The molecule has 1 fully saturated rings. The van der Waals surface area contributed by atoms with Crippen LogP contribution in [0.15, 0.2) is 24.3 Å². The summed E-state index contributed by atoms with van der Waals surface area (Å²) < 4.78 is 12.9. The van der Waals surface area contributed by atoms with E-state index < -0.39 is 0 Å². The molecule has 0 saturated heterocycles. The highest BCUT2D eigenvalue weighted by Crippen LogP contribution is 2.27. The van der Waals surface area contributed by atoms with Crippen molar-refractivity contribution in [1.29, 1.82) is 0 Å². The average Bonchev–Trinajstić information content (AvgIpc) is 2.52. The van der Waals surface area contributed by atoms with Crippen molar-refractivity contribution in [3.63, 3.8) is 0 Å². The van der Waals surface area contributed by atoms with E-state index >= 15 is 0 Å². The van der Waals surface area contributed by atoms with E-state index in [1.165, 1.54) is 12.1 Å². The highest BCUT2D eigenvalue weighted by atomic mass is 19.1. The third kappa shape index (κ3) is 6.10. The number of Topliss-reactive ketones (excluding diaryl/α,β-unsaturated/α-hetero) is 1. The number of amides is 1. The Kier molecular flexibility index (Phi) is 6.71. The van der Waals surface area contributed by atoms with Gasteiger partial charge in [-0.05, 0) is 49.3 Å². The van der Waals surface area contributed by atoms with Crippen molar-refractivity contribution in [3.05, 3.63) is 35.6 Å². The Morgan fingerprint density at radius 3 is 2.39 bits per heavy atom. The average molecular weight is 320 g/mol. The Hall–Kier alpha value is -1.75. The Morgan fingerprint density at radius 2 is 1.78 bits per heavy atom.